The highest BCUT2D eigenvalue weighted by Gasteiger charge is 2.28. The molecule has 0 aromatic heterocycles. The lowest BCUT2D eigenvalue weighted by molar-refractivity contribution is -0.396. The van der Waals surface area contributed by atoms with Crippen molar-refractivity contribution in [1.29, 1.82) is 0 Å². The average Bonchev–Trinajstić information content (AvgIpc) is 2.98. The third kappa shape index (κ3) is 12.5. The number of hydrogen-bond donors (Lipinski definition) is 3. The van der Waals surface area contributed by atoms with Gasteiger partial charge in [-0.15, -0.1) is 0 Å². The number of aryl methyl sites for hydroxylation is 3. The Balaban J connectivity index is 0.000000382. The van der Waals surface area contributed by atoms with Crippen LogP contribution < -0.4 is 0 Å². The number of nitro groups is 2. The number of nitro benzene ring substituents is 2. The molecule has 0 bridgehead atoms. The van der Waals surface area contributed by atoms with Crippen LogP contribution in [-0.4, -0.2) is 25.2 Å². The first-order valence-corrected chi connectivity index (χ1v) is 18.0. The molecule has 0 saturated carbocycles. The second-order valence-electron chi connectivity index (χ2n) is 17.4. The first-order chi connectivity index (χ1) is 23.1. The second kappa shape index (κ2) is 17.4. The van der Waals surface area contributed by atoms with Crippen molar-refractivity contribution >= 4 is 11.4 Å². The topological polar surface area (TPSA) is 147 Å². The first kappa shape index (κ1) is 44.9. The van der Waals surface area contributed by atoms with Crippen LogP contribution in [0.25, 0.3) is 0 Å². The molecular weight excluding hydrogens is 644 g/mol. The summed E-state index contributed by atoms with van der Waals surface area (Å²) in [6.45, 7) is 32.0. The number of benzene rings is 3. The summed E-state index contributed by atoms with van der Waals surface area (Å²) in [5, 5.41) is 51.6. The normalized spacial score (nSPS) is 12.0. The Morgan fingerprint density at radius 1 is 0.490 bits per heavy atom. The van der Waals surface area contributed by atoms with Crippen molar-refractivity contribution in [3.8, 4) is 17.2 Å². The van der Waals surface area contributed by atoms with Crippen molar-refractivity contribution in [3.05, 3.63) is 95.6 Å². The van der Waals surface area contributed by atoms with Crippen LogP contribution in [0.2, 0.25) is 0 Å². The van der Waals surface area contributed by atoms with Crippen LogP contribution >= 0.6 is 0 Å². The summed E-state index contributed by atoms with van der Waals surface area (Å²) in [6, 6.07) is 10.9. The van der Waals surface area contributed by atoms with Gasteiger partial charge in [0.25, 0.3) is 5.75 Å². The predicted octanol–water partition coefficient (Wildman–Crippen LogP) is 11.7. The summed E-state index contributed by atoms with van der Waals surface area (Å²) in [5.74, 6) is 0.0599. The number of nitrogens with zero attached hydrogens (tertiary/aromatic N) is 2. The van der Waals surface area contributed by atoms with Crippen molar-refractivity contribution in [2.24, 2.45) is 0 Å². The Kier molecular flexibility index (Phi) is 15.3. The quantitative estimate of drug-likeness (QED) is 0.163. The predicted molar refractivity (Wildman–Crippen MR) is 210 cm³/mol. The van der Waals surface area contributed by atoms with Crippen LogP contribution in [0.1, 0.15) is 156 Å². The third-order valence-electron chi connectivity index (χ3n) is 8.73. The molecule has 0 aliphatic heterocycles. The van der Waals surface area contributed by atoms with E-state index in [9.17, 15) is 35.5 Å². The summed E-state index contributed by atoms with van der Waals surface area (Å²) < 4.78 is 0. The van der Waals surface area contributed by atoms with Gasteiger partial charge in [-0.3, -0.25) is 20.2 Å². The molecule has 3 rings (SSSR count). The molecule has 0 saturated heterocycles. The van der Waals surface area contributed by atoms with Gasteiger partial charge in [0, 0.05) is 12.1 Å². The summed E-state index contributed by atoms with van der Waals surface area (Å²) in [7, 11) is 0. The lowest BCUT2D eigenvalue weighted by atomic mass is 9.78. The Labute approximate surface area is 306 Å². The van der Waals surface area contributed by atoms with E-state index in [0.29, 0.717) is 23.5 Å². The van der Waals surface area contributed by atoms with Gasteiger partial charge in [0.05, 0.1) is 9.85 Å². The zero-order valence-electron chi connectivity index (χ0n) is 33.9. The smallest absolute Gasteiger partial charge is 0.318 e. The molecule has 0 atom stereocenters. The zero-order valence-corrected chi connectivity index (χ0v) is 33.9. The molecule has 0 aliphatic rings. The molecule has 284 valence electrons. The molecule has 3 N–H and O–H groups in total. The molecule has 3 aromatic rings. The van der Waals surface area contributed by atoms with Gasteiger partial charge in [-0.25, -0.2) is 0 Å². The van der Waals surface area contributed by atoms with E-state index in [-0.39, 0.29) is 21.7 Å². The maximum atomic E-state index is 10.6. The van der Waals surface area contributed by atoms with Crippen molar-refractivity contribution in [2.45, 2.75) is 158 Å². The standard InChI is InChI=1S/2C16H26O.C10H12N2O5/c2*1-8-11-9-12(15(2,3)4)14(17)13(10-11)16(5,6)7;1-2-3-4-7-5-8(11(14)15)10(13)9(6-7)12(16)17/h2*9-10,17H,8H2,1-7H3;5-6,13H,2-4H2,1H3. The van der Waals surface area contributed by atoms with Crippen LogP contribution in [-0.2, 0) is 40.9 Å². The highest BCUT2D eigenvalue weighted by molar-refractivity contribution is 5.61. The zero-order chi connectivity index (χ0) is 39.9. The maximum Gasteiger partial charge on any atom is 0.318 e. The van der Waals surface area contributed by atoms with E-state index in [4.69, 9.17) is 0 Å². The fourth-order valence-electron chi connectivity index (χ4n) is 5.55. The molecule has 9 nitrogen and oxygen atoms in total. The molecule has 0 fully saturated rings. The van der Waals surface area contributed by atoms with E-state index in [1.807, 2.05) is 6.92 Å². The molecule has 0 aliphatic carbocycles. The average molecular weight is 709 g/mol. The Morgan fingerprint density at radius 3 is 0.961 bits per heavy atom. The third-order valence-corrected chi connectivity index (χ3v) is 8.73. The van der Waals surface area contributed by atoms with Crippen LogP contribution in [0.4, 0.5) is 11.4 Å². The highest BCUT2D eigenvalue weighted by atomic mass is 16.6. The second-order valence-corrected chi connectivity index (χ2v) is 17.4. The largest absolute Gasteiger partial charge is 0.507 e. The van der Waals surface area contributed by atoms with E-state index in [1.54, 1.807) is 0 Å². The number of hydrogen-bond acceptors (Lipinski definition) is 7. The number of unbranched alkanes of at least 4 members (excludes halogenated alkanes) is 1. The number of rotatable bonds is 7. The molecule has 0 unspecified atom stereocenters. The van der Waals surface area contributed by atoms with Gasteiger partial charge in [-0.2, -0.15) is 0 Å². The molecule has 0 radical (unpaired) electrons. The van der Waals surface area contributed by atoms with Gasteiger partial charge >= 0.3 is 11.4 Å². The SMILES string of the molecule is CCCCc1cc([N+](=O)[O-])c(O)c([N+](=O)[O-])c1.CCc1cc(C(C)(C)C)c(O)c(C(C)(C)C)c1.CCc1cc(C(C)(C)C)c(O)c(C(C)(C)C)c1. The van der Waals surface area contributed by atoms with Gasteiger partial charge in [-0.05, 0) is 86.3 Å². The van der Waals surface area contributed by atoms with Crippen LogP contribution in [0, 0.1) is 20.2 Å². The van der Waals surface area contributed by atoms with Crippen LogP contribution in [0.3, 0.4) is 0 Å². The number of aromatic hydroxyl groups is 3. The molecule has 51 heavy (non-hydrogen) atoms. The maximum absolute atomic E-state index is 10.6. The summed E-state index contributed by atoms with van der Waals surface area (Å²) in [4.78, 5) is 19.6. The van der Waals surface area contributed by atoms with Crippen molar-refractivity contribution in [3.63, 3.8) is 0 Å². The molecule has 0 amide bonds. The molecule has 0 heterocycles. The van der Waals surface area contributed by atoms with E-state index >= 15 is 0 Å². The lowest BCUT2D eigenvalue weighted by Gasteiger charge is -2.28. The van der Waals surface area contributed by atoms with E-state index in [1.165, 1.54) is 23.3 Å². The summed E-state index contributed by atoms with van der Waals surface area (Å²) in [5.41, 5.74) is 6.01. The van der Waals surface area contributed by atoms with Crippen molar-refractivity contribution in [1.82, 2.24) is 0 Å². The van der Waals surface area contributed by atoms with E-state index in [2.05, 4.69) is 121 Å². The Morgan fingerprint density at radius 2 is 0.765 bits per heavy atom. The monoisotopic (exact) mass is 708 g/mol. The number of phenolic OH excluding ortho intramolecular Hbond substituents is 3. The molecular formula is C42H64N2O7. The highest BCUT2D eigenvalue weighted by Crippen LogP contribution is 2.41. The fourth-order valence-corrected chi connectivity index (χ4v) is 5.55. The van der Waals surface area contributed by atoms with Gasteiger partial charge in [0.1, 0.15) is 11.5 Å². The number of phenols is 3. The minimum Gasteiger partial charge on any atom is -0.507 e. The van der Waals surface area contributed by atoms with Gasteiger partial charge in [0.2, 0.25) is 0 Å². The lowest BCUT2D eigenvalue weighted by Crippen LogP contribution is -2.17. The minimum atomic E-state index is -0.889. The van der Waals surface area contributed by atoms with Crippen LogP contribution in [0.5, 0.6) is 17.2 Å². The van der Waals surface area contributed by atoms with Gasteiger partial charge in [-0.1, -0.05) is 135 Å². The van der Waals surface area contributed by atoms with Crippen molar-refractivity contribution < 1.29 is 25.2 Å². The summed E-state index contributed by atoms with van der Waals surface area (Å²) >= 11 is 0. The van der Waals surface area contributed by atoms with E-state index in [0.717, 1.165) is 47.9 Å². The fraction of sp³-hybridized carbons (Fsp3) is 0.571. The Bertz CT molecular complexity index is 1480. The minimum absolute atomic E-state index is 0.0186. The Hall–Kier alpha value is -4.14. The summed E-state index contributed by atoms with van der Waals surface area (Å²) in [6.07, 6.45) is 4.18. The van der Waals surface area contributed by atoms with E-state index < -0.39 is 27.0 Å². The van der Waals surface area contributed by atoms with Crippen LogP contribution in [0.15, 0.2) is 36.4 Å². The van der Waals surface area contributed by atoms with Gasteiger partial charge in [0.15, 0.2) is 0 Å². The van der Waals surface area contributed by atoms with Gasteiger partial charge < -0.3 is 15.3 Å². The van der Waals surface area contributed by atoms with Crippen molar-refractivity contribution in [2.75, 3.05) is 0 Å². The molecule has 3 aromatic carbocycles. The first-order valence-electron chi connectivity index (χ1n) is 18.0. The molecule has 9 heteroatoms. The molecule has 0 spiro atoms.